The van der Waals surface area contributed by atoms with Crippen molar-refractivity contribution in [3.63, 3.8) is 0 Å². The molecular formula is C16H19NS. The molecule has 1 aliphatic rings. The lowest BCUT2D eigenvalue weighted by atomic mass is 10.0. The molecule has 1 aliphatic carbocycles. The van der Waals surface area contributed by atoms with E-state index in [0.29, 0.717) is 6.04 Å². The normalized spacial score (nSPS) is 23.2. The molecule has 1 nitrogen and oxygen atoms in total. The molecule has 0 radical (unpaired) electrons. The first kappa shape index (κ1) is 11.8. The van der Waals surface area contributed by atoms with E-state index in [0.717, 1.165) is 5.92 Å². The van der Waals surface area contributed by atoms with Crippen molar-refractivity contribution in [3.8, 4) is 10.4 Å². The molecular weight excluding hydrogens is 238 g/mol. The summed E-state index contributed by atoms with van der Waals surface area (Å²) in [5.74, 6) is 0.793. The van der Waals surface area contributed by atoms with Gasteiger partial charge >= 0.3 is 0 Å². The molecule has 0 aliphatic heterocycles. The van der Waals surface area contributed by atoms with E-state index in [1.807, 2.05) is 11.3 Å². The molecule has 18 heavy (non-hydrogen) atoms. The van der Waals surface area contributed by atoms with Crippen LogP contribution < -0.4 is 5.32 Å². The van der Waals surface area contributed by atoms with E-state index in [9.17, 15) is 0 Å². The van der Waals surface area contributed by atoms with Gasteiger partial charge in [-0.25, -0.2) is 0 Å². The van der Waals surface area contributed by atoms with E-state index in [4.69, 9.17) is 0 Å². The van der Waals surface area contributed by atoms with Gasteiger partial charge in [0.05, 0.1) is 0 Å². The summed E-state index contributed by atoms with van der Waals surface area (Å²) in [6.45, 7) is 2.36. The zero-order chi connectivity index (χ0) is 12.4. The quantitative estimate of drug-likeness (QED) is 0.814. The molecule has 3 rings (SSSR count). The lowest BCUT2D eigenvalue weighted by molar-refractivity contribution is 0.556. The topological polar surface area (TPSA) is 12.0 Å². The van der Waals surface area contributed by atoms with Crippen LogP contribution in [0.25, 0.3) is 10.4 Å². The first-order valence-electron chi connectivity index (χ1n) is 6.74. The van der Waals surface area contributed by atoms with E-state index >= 15 is 0 Å². The molecule has 2 atom stereocenters. The van der Waals surface area contributed by atoms with Crippen LogP contribution in [0, 0.1) is 5.92 Å². The van der Waals surface area contributed by atoms with Crippen LogP contribution in [0.1, 0.15) is 26.2 Å². The van der Waals surface area contributed by atoms with Gasteiger partial charge in [-0.2, -0.15) is 0 Å². The first-order chi connectivity index (χ1) is 8.84. The lowest BCUT2D eigenvalue weighted by Crippen LogP contribution is -2.22. The van der Waals surface area contributed by atoms with E-state index in [2.05, 4.69) is 54.0 Å². The van der Waals surface area contributed by atoms with Crippen LogP contribution in [0.5, 0.6) is 0 Å². The number of rotatable bonds is 3. The highest BCUT2D eigenvalue weighted by molar-refractivity contribution is 7.13. The molecule has 2 aromatic rings. The third kappa shape index (κ3) is 2.30. The summed E-state index contributed by atoms with van der Waals surface area (Å²) >= 11 is 1.81. The Balaban J connectivity index is 1.88. The van der Waals surface area contributed by atoms with Crippen LogP contribution in [-0.4, -0.2) is 6.04 Å². The Morgan fingerprint density at radius 1 is 1.11 bits per heavy atom. The molecule has 0 spiro atoms. The molecule has 1 fully saturated rings. The van der Waals surface area contributed by atoms with Gasteiger partial charge in [-0.05, 0) is 36.3 Å². The number of nitrogens with one attached hydrogen (secondary N) is 1. The van der Waals surface area contributed by atoms with Crippen molar-refractivity contribution < 1.29 is 0 Å². The summed E-state index contributed by atoms with van der Waals surface area (Å²) in [6, 6.07) is 13.6. The maximum atomic E-state index is 3.75. The zero-order valence-electron chi connectivity index (χ0n) is 10.7. The van der Waals surface area contributed by atoms with Crippen LogP contribution in [0.2, 0.25) is 0 Å². The van der Waals surface area contributed by atoms with Crippen LogP contribution in [0.15, 0.2) is 41.8 Å². The molecule has 2 unspecified atom stereocenters. The molecule has 1 N–H and O–H groups in total. The second-order valence-electron chi connectivity index (χ2n) is 5.18. The summed E-state index contributed by atoms with van der Waals surface area (Å²) in [7, 11) is 0. The minimum absolute atomic E-state index is 0.645. The number of hydrogen-bond donors (Lipinski definition) is 1. The van der Waals surface area contributed by atoms with Crippen LogP contribution in [-0.2, 0) is 0 Å². The highest BCUT2D eigenvalue weighted by Crippen LogP contribution is 2.34. The average molecular weight is 257 g/mol. The van der Waals surface area contributed by atoms with Gasteiger partial charge in [0, 0.05) is 22.2 Å². The monoisotopic (exact) mass is 257 g/mol. The second-order valence-corrected chi connectivity index (χ2v) is 6.13. The first-order valence-corrected chi connectivity index (χ1v) is 7.62. The Bertz CT molecular complexity index is 504. The molecule has 2 heteroatoms. The van der Waals surface area contributed by atoms with Crippen molar-refractivity contribution in [2.45, 2.75) is 32.2 Å². The number of anilines is 1. The third-order valence-electron chi connectivity index (χ3n) is 3.92. The highest BCUT2D eigenvalue weighted by Gasteiger charge is 2.23. The van der Waals surface area contributed by atoms with E-state index in [1.165, 1.54) is 35.4 Å². The molecule has 1 aromatic heterocycles. The molecule has 1 aromatic carbocycles. The summed E-state index contributed by atoms with van der Waals surface area (Å²) in [5, 5.41) is 5.90. The maximum absolute atomic E-state index is 3.75. The maximum Gasteiger partial charge on any atom is 0.0430 e. The highest BCUT2D eigenvalue weighted by atomic mass is 32.1. The van der Waals surface area contributed by atoms with Gasteiger partial charge in [-0.15, -0.1) is 11.3 Å². The Kier molecular flexibility index (Phi) is 3.37. The van der Waals surface area contributed by atoms with Crippen molar-refractivity contribution in [2.75, 3.05) is 5.32 Å². The van der Waals surface area contributed by atoms with Gasteiger partial charge in [0.1, 0.15) is 0 Å². The predicted octanol–water partition coefficient (Wildman–Crippen LogP) is 5.02. The molecule has 1 saturated carbocycles. The van der Waals surface area contributed by atoms with Crippen molar-refractivity contribution in [1.29, 1.82) is 0 Å². The van der Waals surface area contributed by atoms with Crippen molar-refractivity contribution in [2.24, 2.45) is 5.92 Å². The Morgan fingerprint density at radius 3 is 2.72 bits per heavy atom. The van der Waals surface area contributed by atoms with Gasteiger partial charge in [-0.3, -0.25) is 0 Å². The smallest absolute Gasteiger partial charge is 0.0430 e. The van der Waals surface area contributed by atoms with Crippen LogP contribution in [0.3, 0.4) is 0 Å². The van der Waals surface area contributed by atoms with Gasteiger partial charge in [0.15, 0.2) is 0 Å². The standard InChI is InChI=1S/C16H19NS/c1-12-6-4-9-14(12)17-15-8-3-2-7-13(15)16-10-5-11-18-16/h2-3,5,7-8,10-12,14,17H,4,6,9H2,1H3. The third-order valence-corrected chi connectivity index (χ3v) is 4.82. The summed E-state index contributed by atoms with van der Waals surface area (Å²) in [4.78, 5) is 1.35. The largest absolute Gasteiger partial charge is 0.382 e. The van der Waals surface area contributed by atoms with E-state index < -0.39 is 0 Å². The van der Waals surface area contributed by atoms with Gasteiger partial charge in [0.2, 0.25) is 0 Å². The van der Waals surface area contributed by atoms with E-state index in [-0.39, 0.29) is 0 Å². The SMILES string of the molecule is CC1CCCC1Nc1ccccc1-c1cccs1. The molecule has 94 valence electrons. The molecule has 0 amide bonds. The molecule has 0 saturated heterocycles. The minimum atomic E-state index is 0.645. The molecule has 0 bridgehead atoms. The number of hydrogen-bond acceptors (Lipinski definition) is 2. The van der Waals surface area contributed by atoms with Gasteiger partial charge in [0.25, 0.3) is 0 Å². The number of para-hydroxylation sites is 1. The van der Waals surface area contributed by atoms with Crippen molar-refractivity contribution in [3.05, 3.63) is 41.8 Å². The number of benzene rings is 1. The fourth-order valence-electron chi connectivity index (χ4n) is 2.82. The zero-order valence-corrected chi connectivity index (χ0v) is 11.5. The van der Waals surface area contributed by atoms with Crippen molar-refractivity contribution >= 4 is 17.0 Å². The fraction of sp³-hybridized carbons (Fsp3) is 0.375. The van der Waals surface area contributed by atoms with Crippen LogP contribution >= 0.6 is 11.3 Å². The number of thiophene rings is 1. The van der Waals surface area contributed by atoms with E-state index in [1.54, 1.807) is 0 Å². The Labute approximate surface area is 113 Å². The lowest BCUT2D eigenvalue weighted by Gasteiger charge is -2.20. The second kappa shape index (κ2) is 5.15. The Morgan fingerprint density at radius 2 is 2.00 bits per heavy atom. The summed E-state index contributed by atoms with van der Waals surface area (Å²) in [6.07, 6.45) is 4.03. The fourth-order valence-corrected chi connectivity index (χ4v) is 3.58. The minimum Gasteiger partial charge on any atom is -0.382 e. The average Bonchev–Trinajstić information content (AvgIpc) is 3.03. The summed E-state index contributed by atoms with van der Waals surface area (Å²) < 4.78 is 0. The Hall–Kier alpha value is -1.28. The predicted molar refractivity (Wildman–Crippen MR) is 80.2 cm³/mol. The summed E-state index contributed by atoms with van der Waals surface area (Å²) in [5.41, 5.74) is 2.63. The van der Waals surface area contributed by atoms with Gasteiger partial charge in [-0.1, -0.05) is 37.6 Å². The van der Waals surface area contributed by atoms with Crippen molar-refractivity contribution in [1.82, 2.24) is 0 Å². The van der Waals surface area contributed by atoms with Crippen LogP contribution in [0.4, 0.5) is 5.69 Å². The molecule has 1 heterocycles. The van der Waals surface area contributed by atoms with Gasteiger partial charge < -0.3 is 5.32 Å².